The van der Waals surface area contributed by atoms with E-state index < -0.39 is 0 Å². The highest BCUT2D eigenvalue weighted by atomic mass is 35.5. The number of hydrogen-bond donors (Lipinski definition) is 2. The number of nitrogens with one attached hydrogen (secondary N) is 2. The molecule has 0 spiro atoms. The molecular weight excluding hydrogens is 506 g/mol. The number of nitrogens with zero attached hydrogens (tertiary/aromatic N) is 1. The number of hydrogen-bond acceptors (Lipinski definition) is 7. The smallest absolute Gasteiger partial charge is 0.255 e. The number of amides is 2. The maximum Gasteiger partial charge on any atom is 0.255 e. The summed E-state index contributed by atoms with van der Waals surface area (Å²) >= 11 is 8.93. The van der Waals surface area contributed by atoms with E-state index >= 15 is 0 Å². The van der Waals surface area contributed by atoms with Crippen LogP contribution < -0.4 is 20.1 Å². The van der Waals surface area contributed by atoms with Gasteiger partial charge < -0.3 is 20.1 Å². The van der Waals surface area contributed by atoms with Crippen molar-refractivity contribution in [3.05, 3.63) is 70.7 Å². The number of carbonyl (C=O) groups is 2. The molecule has 0 bridgehead atoms. The highest BCUT2D eigenvalue weighted by Gasteiger charge is 2.13. The van der Waals surface area contributed by atoms with Crippen LogP contribution in [0, 0.1) is 6.92 Å². The largest absolute Gasteiger partial charge is 0.493 e. The summed E-state index contributed by atoms with van der Waals surface area (Å²) in [5, 5.41) is 6.35. The van der Waals surface area contributed by atoms with Crippen LogP contribution >= 0.6 is 34.7 Å². The van der Waals surface area contributed by atoms with Gasteiger partial charge in [-0.15, -0.1) is 11.3 Å². The molecule has 0 aliphatic carbocycles. The van der Waals surface area contributed by atoms with Gasteiger partial charge in [0.05, 0.1) is 30.2 Å². The number of thioether (sulfide) groups is 1. The third-order valence-corrected chi connectivity index (χ3v) is 7.62. The molecule has 1 heterocycles. The predicted octanol–water partition coefficient (Wildman–Crippen LogP) is 6.26. The molecule has 35 heavy (non-hydrogen) atoms. The molecule has 2 amide bonds. The zero-order valence-electron chi connectivity index (χ0n) is 19.2. The zero-order chi connectivity index (χ0) is 24.9. The number of ether oxygens (including phenoxy) is 2. The minimum atomic E-state index is -0.266. The van der Waals surface area contributed by atoms with Crippen LogP contribution in [-0.2, 0) is 4.79 Å². The highest BCUT2D eigenvalue weighted by molar-refractivity contribution is 8.01. The van der Waals surface area contributed by atoms with E-state index in [0.717, 1.165) is 20.1 Å². The van der Waals surface area contributed by atoms with E-state index in [0.29, 0.717) is 33.5 Å². The minimum absolute atomic E-state index is 0.142. The maximum atomic E-state index is 12.7. The summed E-state index contributed by atoms with van der Waals surface area (Å²) in [7, 11) is 3.06. The molecule has 0 saturated carbocycles. The summed E-state index contributed by atoms with van der Waals surface area (Å²) in [6, 6.07) is 15.9. The molecule has 10 heteroatoms. The van der Waals surface area contributed by atoms with Crippen molar-refractivity contribution in [1.29, 1.82) is 0 Å². The van der Waals surface area contributed by atoms with Crippen LogP contribution in [0.15, 0.2) is 58.9 Å². The number of methoxy groups -OCH3 is 2. The number of halogens is 1. The fourth-order valence-corrected chi connectivity index (χ4v) is 5.31. The predicted molar refractivity (Wildman–Crippen MR) is 143 cm³/mol. The lowest BCUT2D eigenvalue weighted by Gasteiger charge is -2.10. The van der Waals surface area contributed by atoms with Crippen LogP contribution in [0.1, 0.15) is 15.9 Å². The first-order valence-electron chi connectivity index (χ1n) is 10.5. The SMILES string of the molecule is COc1ccc(C(=O)Nc2ccc3nc(SCC(=O)Nc4ccc(C)c(Cl)c4)sc3c2)cc1OC. The van der Waals surface area contributed by atoms with Crippen LogP contribution in [0.2, 0.25) is 5.02 Å². The molecule has 4 aromatic rings. The number of benzene rings is 3. The number of rotatable bonds is 8. The van der Waals surface area contributed by atoms with Crippen molar-refractivity contribution in [2.45, 2.75) is 11.3 Å². The Morgan fingerprint density at radius 1 is 0.971 bits per heavy atom. The topological polar surface area (TPSA) is 89.5 Å². The van der Waals surface area contributed by atoms with Gasteiger partial charge in [0.15, 0.2) is 15.8 Å². The van der Waals surface area contributed by atoms with Crippen LogP contribution in [0.5, 0.6) is 11.5 Å². The molecule has 0 radical (unpaired) electrons. The van der Waals surface area contributed by atoms with Crippen molar-refractivity contribution in [3.63, 3.8) is 0 Å². The zero-order valence-corrected chi connectivity index (χ0v) is 21.6. The third-order valence-electron chi connectivity index (χ3n) is 5.05. The Bertz CT molecular complexity index is 1410. The fraction of sp³-hybridized carbons (Fsp3) is 0.160. The van der Waals surface area contributed by atoms with Crippen molar-refractivity contribution in [2.75, 3.05) is 30.6 Å². The van der Waals surface area contributed by atoms with Gasteiger partial charge in [-0.2, -0.15) is 0 Å². The number of anilines is 2. The Balaban J connectivity index is 1.39. The van der Waals surface area contributed by atoms with Gasteiger partial charge >= 0.3 is 0 Å². The van der Waals surface area contributed by atoms with E-state index in [-0.39, 0.29) is 17.6 Å². The number of aromatic nitrogens is 1. The standard InChI is InChI=1S/C25H22ClN3O4S2/c1-14-4-6-16(11-18(14)26)27-23(30)13-34-25-29-19-8-7-17(12-22(19)35-25)28-24(31)15-5-9-20(32-2)21(10-15)33-3/h4-12H,13H2,1-3H3,(H,27,30)(H,28,31). The third kappa shape index (κ3) is 6.05. The van der Waals surface area contributed by atoms with Gasteiger partial charge in [0, 0.05) is 22.0 Å². The van der Waals surface area contributed by atoms with Crippen LogP contribution in [-0.4, -0.2) is 36.8 Å². The fourth-order valence-electron chi connectivity index (χ4n) is 3.22. The van der Waals surface area contributed by atoms with Crippen molar-refractivity contribution in [2.24, 2.45) is 0 Å². The van der Waals surface area contributed by atoms with Crippen molar-refractivity contribution >= 4 is 68.1 Å². The van der Waals surface area contributed by atoms with Crippen molar-refractivity contribution in [3.8, 4) is 11.5 Å². The lowest BCUT2D eigenvalue weighted by atomic mass is 10.2. The minimum Gasteiger partial charge on any atom is -0.493 e. The van der Waals surface area contributed by atoms with E-state index in [4.69, 9.17) is 21.1 Å². The second-order valence-electron chi connectivity index (χ2n) is 7.49. The van der Waals surface area contributed by atoms with E-state index in [1.165, 1.54) is 30.2 Å². The van der Waals surface area contributed by atoms with Crippen LogP contribution in [0.25, 0.3) is 10.2 Å². The van der Waals surface area contributed by atoms with Gasteiger partial charge in [0.1, 0.15) is 0 Å². The van der Waals surface area contributed by atoms with Crippen LogP contribution in [0.3, 0.4) is 0 Å². The van der Waals surface area contributed by atoms with Gasteiger partial charge in [-0.3, -0.25) is 9.59 Å². The number of fused-ring (bicyclic) bond motifs is 1. The second kappa shape index (κ2) is 11.0. The van der Waals surface area contributed by atoms with Gasteiger partial charge in [-0.1, -0.05) is 29.4 Å². The number of thiazole rings is 1. The lowest BCUT2D eigenvalue weighted by Crippen LogP contribution is -2.13. The average molecular weight is 528 g/mol. The molecule has 180 valence electrons. The van der Waals surface area contributed by atoms with E-state index in [1.54, 1.807) is 37.4 Å². The first-order valence-corrected chi connectivity index (χ1v) is 12.7. The summed E-state index contributed by atoms with van der Waals surface area (Å²) in [5.74, 6) is 0.842. The Hall–Kier alpha value is -3.27. The molecule has 0 aliphatic rings. The maximum absolute atomic E-state index is 12.7. The van der Waals surface area contributed by atoms with Gasteiger partial charge in [-0.05, 0) is 61.0 Å². The Labute approximate surface area is 215 Å². The van der Waals surface area contributed by atoms with Gasteiger partial charge in [0.25, 0.3) is 5.91 Å². The summed E-state index contributed by atoms with van der Waals surface area (Å²) in [6.07, 6.45) is 0. The molecule has 0 fully saturated rings. The first-order chi connectivity index (χ1) is 16.9. The molecule has 2 N–H and O–H groups in total. The average Bonchev–Trinajstić information content (AvgIpc) is 3.26. The molecule has 0 aliphatic heterocycles. The number of carbonyl (C=O) groups excluding carboxylic acids is 2. The summed E-state index contributed by atoms with van der Waals surface area (Å²) < 4.78 is 12.2. The van der Waals surface area contributed by atoms with E-state index in [1.807, 2.05) is 31.2 Å². The molecule has 1 aromatic heterocycles. The van der Waals surface area contributed by atoms with E-state index in [2.05, 4.69) is 15.6 Å². The Kier molecular flexibility index (Phi) is 7.80. The Morgan fingerprint density at radius 2 is 1.71 bits per heavy atom. The van der Waals surface area contributed by atoms with Gasteiger partial charge in [0.2, 0.25) is 5.91 Å². The highest BCUT2D eigenvalue weighted by Crippen LogP contribution is 2.32. The molecule has 0 saturated heterocycles. The molecule has 4 rings (SSSR count). The van der Waals surface area contributed by atoms with Gasteiger partial charge in [-0.25, -0.2) is 4.98 Å². The Morgan fingerprint density at radius 3 is 2.46 bits per heavy atom. The molecule has 3 aromatic carbocycles. The summed E-state index contributed by atoms with van der Waals surface area (Å²) in [5.41, 5.74) is 3.50. The molecule has 7 nitrogen and oxygen atoms in total. The molecule has 0 atom stereocenters. The summed E-state index contributed by atoms with van der Waals surface area (Å²) in [6.45, 7) is 1.91. The monoisotopic (exact) mass is 527 g/mol. The normalized spacial score (nSPS) is 10.7. The lowest BCUT2D eigenvalue weighted by molar-refractivity contribution is -0.113. The quantitative estimate of drug-likeness (QED) is 0.263. The van der Waals surface area contributed by atoms with Crippen molar-refractivity contribution < 1.29 is 19.1 Å². The molecular formula is C25H22ClN3O4S2. The molecule has 0 unspecified atom stereocenters. The second-order valence-corrected chi connectivity index (χ2v) is 10.1. The number of aryl methyl sites for hydroxylation is 1. The van der Waals surface area contributed by atoms with Crippen LogP contribution in [0.4, 0.5) is 11.4 Å². The summed E-state index contributed by atoms with van der Waals surface area (Å²) in [4.78, 5) is 29.6. The first kappa shape index (κ1) is 24.8. The van der Waals surface area contributed by atoms with E-state index in [9.17, 15) is 9.59 Å². The van der Waals surface area contributed by atoms with Crippen molar-refractivity contribution in [1.82, 2.24) is 4.98 Å².